The highest BCUT2D eigenvalue weighted by atomic mass is 16.6. The van der Waals surface area contributed by atoms with Crippen molar-refractivity contribution in [1.29, 1.82) is 0 Å². The monoisotopic (exact) mass is 207 g/mol. The van der Waals surface area contributed by atoms with E-state index in [1.807, 2.05) is 13.8 Å². The molecule has 1 rings (SSSR count). The lowest BCUT2D eigenvalue weighted by atomic mass is 10.00. The molecule has 0 radical (unpaired) electrons. The van der Waals surface area contributed by atoms with E-state index in [9.17, 15) is 14.9 Å². The van der Waals surface area contributed by atoms with Crippen molar-refractivity contribution in [1.82, 2.24) is 0 Å². The van der Waals surface area contributed by atoms with Gasteiger partial charge in [0, 0.05) is 17.2 Å². The van der Waals surface area contributed by atoms with Crippen LogP contribution in [-0.4, -0.2) is 11.2 Å². The first kappa shape index (κ1) is 11.4. The van der Waals surface area contributed by atoms with E-state index in [4.69, 9.17) is 0 Å². The van der Waals surface area contributed by atoms with Gasteiger partial charge in [-0.3, -0.25) is 14.9 Å². The number of nitro benzene ring substituents is 1. The second kappa shape index (κ2) is 4.68. The van der Waals surface area contributed by atoms with Gasteiger partial charge in [0.05, 0.1) is 4.92 Å². The SMILES string of the molecule is CC(C)Cc1ccc(C=O)cc1[N+](=O)[O-]. The van der Waals surface area contributed by atoms with Gasteiger partial charge in [-0.05, 0) is 12.3 Å². The molecule has 0 unspecified atom stereocenters. The van der Waals surface area contributed by atoms with Crippen LogP contribution in [0.15, 0.2) is 18.2 Å². The Morgan fingerprint density at radius 2 is 2.13 bits per heavy atom. The first-order chi connectivity index (χ1) is 7.04. The number of carbonyl (C=O) groups is 1. The molecule has 0 heterocycles. The van der Waals surface area contributed by atoms with Gasteiger partial charge in [0.2, 0.25) is 0 Å². The summed E-state index contributed by atoms with van der Waals surface area (Å²) in [4.78, 5) is 20.8. The molecule has 0 spiro atoms. The summed E-state index contributed by atoms with van der Waals surface area (Å²) >= 11 is 0. The van der Waals surface area contributed by atoms with E-state index in [0.29, 0.717) is 29.8 Å². The van der Waals surface area contributed by atoms with Crippen molar-refractivity contribution < 1.29 is 9.72 Å². The summed E-state index contributed by atoms with van der Waals surface area (Å²) in [6, 6.07) is 4.59. The molecule has 0 N–H and O–H groups in total. The first-order valence-corrected chi connectivity index (χ1v) is 4.77. The van der Waals surface area contributed by atoms with Gasteiger partial charge in [0.25, 0.3) is 5.69 Å². The normalized spacial score (nSPS) is 10.3. The summed E-state index contributed by atoms with van der Waals surface area (Å²) in [5.74, 6) is 0.353. The molecular formula is C11H13NO3. The zero-order valence-corrected chi connectivity index (χ0v) is 8.77. The minimum absolute atomic E-state index is 0.0355. The molecule has 15 heavy (non-hydrogen) atoms. The predicted octanol–water partition coefficient (Wildman–Crippen LogP) is 2.61. The van der Waals surface area contributed by atoms with Crippen molar-refractivity contribution >= 4 is 12.0 Å². The van der Waals surface area contributed by atoms with E-state index >= 15 is 0 Å². The van der Waals surface area contributed by atoms with E-state index in [1.54, 1.807) is 12.1 Å². The van der Waals surface area contributed by atoms with Crippen LogP contribution in [0.25, 0.3) is 0 Å². The van der Waals surface area contributed by atoms with Crippen LogP contribution in [-0.2, 0) is 6.42 Å². The lowest BCUT2D eigenvalue weighted by Crippen LogP contribution is -2.00. The Morgan fingerprint density at radius 1 is 1.47 bits per heavy atom. The van der Waals surface area contributed by atoms with Gasteiger partial charge in [-0.2, -0.15) is 0 Å². The molecule has 0 bridgehead atoms. The lowest BCUT2D eigenvalue weighted by molar-refractivity contribution is -0.385. The van der Waals surface area contributed by atoms with Crippen LogP contribution in [0.1, 0.15) is 29.8 Å². The van der Waals surface area contributed by atoms with Gasteiger partial charge in [-0.1, -0.05) is 26.0 Å². The summed E-state index contributed by atoms with van der Waals surface area (Å²) in [7, 11) is 0. The van der Waals surface area contributed by atoms with Gasteiger partial charge in [-0.15, -0.1) is 0 Å². The maximum Gasteiger partial charge on any atom is 0.273 e. The Labute approximate surface area is 88.1 Å². The molecule has 0 fully saturated rings. The third-order valence-corrected chi connectivity index (χ3v) is 2.07. The average molecular weight is 207 g/mol. The van der Waals surface area contributed by atoms with Crippen LogP contribution in [0, 0.1) is 16.0 Å². The molecule has 1 aromatic rings. The number of nitrogens with zero attached hydrogens (tertiary/aromatic N) is 1. The van der Waals surface area contributed by atoms with Crippen LogP contribution < -0.4 is 0 Å². The Kier molecular flexibility index (Phi) is 3.55. The molecule has 0 amide bonds. The quantitative estimate of drug-likeness (QED) is 0.433. The molecule has 0 saturated carbocycles. The third-order valence-electron chi connectivity index (χ3n) is 2.07. The van der Waals surface area contributed by atoms with Crippen molar-refractivity contribution in [2.75, 3.05) is 0 Å². The van der Waals surface area contributed by atoms with E-state index in [1.165, 1.54) is 6.07 Å². The van der Waals surface area contributed by atoms with Crippen molar-refractivity contribution in [3.63, 3.8) is 0 Å². The molecule has 1 aromatic carbocycles. The molecule has 0 atom stereocenters. The Morgan fingerprint density at radius 3 is 2.60 bits per heavy atom. The van der Waals surface area contributed by atoms with E-state index in [2.05, 4.69) is 0 Å². The maximum absolute atomic E-state index is 10.8. The number of carbonyl (C=O) groups excluding carboxylic acids is 1. The fourth-order valence-electron chi connectivity index (χ4n) is 1.44. The van der Waals surface area contributed by atoms with Crippen LogP contribution >= 0.6 is 0 Å². The van der Waals surface area contributed by atoms with Crippen molar-refractivity contribution in [2.45, 2.75) is 20.3 Å². The Bertz CT molecular complexity index is 385. The van der Waals surface area contributed by atoms with Crippen molar-refractivity contribution in [2.24, 2.45) is 5.92 Å². The Balaban J connectivity index is 3.14. The maximum atomic E-state index is 10.8. The fourth-order valence-corrected chi connectivity index (χ4v) is 1.44. The topological polar surface area (TPSA) is 60.2 Å². The number of hydrogen-bond donors (Lipinski definition) is 0. The highest BCUT2D eigenvalue weighted by Gasteiger charge is 2.14. The van der Waals surface area contributed by atoms with Crippen LogP contribution in [0.2, 0.25) is 0 Å². The molecule has 0 aliphatic carbocycles. The fraction of sp³-hybridized carbons (Fsp3) is 0.364. The summed E-state index contributed by atoms with van der Waals surface area (Å²) in [6.45, 7) is 3.99. The van der Waals surface area contributed by atoms with E-state index < -0.39 is 4.92 Å². The smallest absolute Gasteiger partial charge is 0.273 e. The number of rotatable bonds is 4. The minimum atomic E-state index is -0.440. The zero-order valence-electron chi connectivity index (χ0n) is 8.77. The largest absolute Gasteiger partial charge is 0.298 e. The van der Waals surface area contributed by atoms with Gasteiger partial charge in [-0.25, -0.2) is 0 Å². The zero-order chi connectivity index (χ0) is 11.4. The molecular weight excluding hydrogens is 194 g/mol. The highest BCUT2D eigenvalue weighted by molar-refractivity contribution is 5.76. The summed E-state index contributed by atoms with van der Waals surface area (Å²) < 4.78 is 0. The van der Waals surface area contributed by atoms with Crippen LogP contribution in [0.3, 0.4) is 0 Å². The van der Waals surface area contributed by atoms with E-state index in [0.717, 1.165) is 0 Å². The van der Waals surface area contributed by atoms with Gasteiger partial charge in [0.15, 0.2) is 0 Å². The molecule has 0 saturated heterocycles. The highest BCUT2D eigenvalue weighted by Crippen LogP contribution is 2.22. The average Bonchev–Trinajstić information content (AvgIpc) is 2.17. The first-order valence-electron chi connectivity index (χ1n) is 4.77. The summed E-state index contributed by atoms with van der Waals surface area (Å²) in [5.41, 5.74) is 1.06. The molecule has 4 heteroatoms. The van der Waals surface area contributed by atoms with Crippen molar-refractivity contribution in [3.8, 4) is 0 Å². The Hall–Kier alpha value is -1.71. The predicted molar refractivity (Wildman–Crippen MR) is 57.0 cm³/mol. The number of nitro groups is 1. The third kappa shape index (κ3) is 2.87. The lowest BCUT2D eigenvalue weighted by Gasteiger charge is -2.05. The second-order valence-electron chi connectivity index (χ2n) is 3.86. The molecule has 4 nitrogen and oxygen atoms in total. The van der Waals surface area contributed by atoms with Gasteiger partial charge < -0.3 is 0 Å². The number of aldehydes is 1. The molecule has 0 aliphatic heterocycles. The molecule has 0 aliphatic rings. The minimum Gasteiger partial charge on any atom is -0.298 e. The van der Waals surface area contributed by atoms with Crippen LogP contribution in [0.5, 0.6) is 0 Å². The summed E-state index contributed by atoms with van der Waals surface area (Å²) in [6.07, 6.45) is 1.27. The van der Waals surface area contributed by atoms with E-state index in [-0.39, 0.29) is 5.69 Å². The molecule has 0 aromatic heterocycles. The summed E-state index contributed by atoms with van der Waals surface area (Å²) in [5, 5.41) is 10.8. The second-order valence-corrected chi connectivity index (χ2v) is 3.86. The number of hydrogen-bond acceptors (Lipinski definition) is 3. The molecule has 80 valence electrons. The number of benzene rings is 1. The van der Waals surface area contributed by atoms with Gasteiger partial charge in [0.1, 0.15) is 6.29 Å². The van der Waals surface area contributed by atoms with Gasteiger partial charge >= 0.3 is 0 Å². The van der Waals surface area contributed by atoms with Crippen LogP contribution in [0.4, 0.5) is 5.69 Å². The van der Waals surface area contributed by atoms with Crippen molar-refractivity contribution in [3.05, 3.63) is 39.4 Å². The standard InChI is InChI=1S/C11H13NO3/c1-8(2)5-10-4-3-9(7-13)6-11(10)12(14)15/h3-4,6-8H,5H2,1-2H3.